The molecule has 88 valence electrons. The van der Waals surface area contributed by atoms with Crippen molar-refractivity contribution in [1.82, 2.24) is 4.98 Å². The first-order valence-electron chi connectivity index (χ1n) is 5.64. The van der Waals surface area contributed by atoms with Crippen molar-refractivity contribution in [3.63, 3.8) is 0 Å². The molecule has 3 heteroatoms. The molecule has 1 atom stereocenters. The normalized spacial score (nSPS) is 12.4. The lowest BCUT2D eigenvalue weighted by molar-refractivity contribution is 0.693. The average Bonchev–Trinajstić information content (AvgIpc) is 2.39. The molecule has 0 saturated carbocycles. The highest BCUT2D eigenvalue weighted by molar-refractivity contribution is 9.10. The molecule has 1 heterocycles. The molecule has 1 unspecified atom stereocenters. The summed E-state index contributed by atoms with van der Waals surface area (Å²) >= 11 is 3.44. The van der Waals surface area contributed by atoms with Crippen LogP contribution in [0.5, 0.6) is 0 Å². The third kappa shape index (κ3) is 3.38. The first-order chi connectivity index (χ1) is 8.29. The number of nitrogens with zero attached hydrogens (tertiary/aromatic N) is 1. The summed E-state index contributed by atoms with van der Waals surface area (Å²) in [6.07, 6.45) is 4.60. The highest BCUT2D eigenvalue weighted by atomic mass is 79.9. The molecule has 0 bridgehead atoms. The Labute approximate surface area is 110 Å². The van der Waals surface area contributed by atoms with Crippen molar-refractivity contribution in [2.75, 3.05) is 6.54 Å². The van der Waals surface area contributed by atoms with E-state index in [-0.39, 0.29) is 0 Å². The van der Waals surface area contributed by atoms with E-state index in [1.54, 1.807) is 0 Å². The predicted octanol–water partition coefficient (Wildman–Crippen LogP) is 3.13. The van der Waals surface area contributed by atoms with Crippen LogP contribution in [-0.4, -0.2) is 11.5 Å². The number of benzene rings is 1. The maximum absolute atomic E-state index is 5.85. The van der Waals surface area contributed by atoms with E-state index in [9.17, 15) is 0 Å². The molecule has 0 saturated heterocycles. The first kappa shape index (κ1) is 12.3. The van der Waals surface area contributed by atoms with E-state index in [1.807, 2.05) is 24.5 Å². The molecule has 0 spiro atoms. The molecule has 0 radical (unpaired) electrons. The number of hydrogen-bond acceptors (Lipinski definition) is 2. The van der Waals surface area contributed by atoms with Gasteiger partial charge in [-0.05, 0) is 48.4 Å². The Bertz CT molecular complexity index is 453. The zero-order valence-electron chi connectivity index (χ0n) is 9.51. The highest BCUT2D eigenvalue weighted by Crippen LogP contribution is 2.20. The lowest BCUT2D eigenvalue weighted by atomic mass is 9.93. The Hall–Kier alpha value is -1.19. The SMILES string of the molecule is NCC(Cc1ccc(Br)cc1)c1ccncc1. The summed E-state index contributed by atoms with van der Waals surface area (Å²) in [6.45, 7) is 0.653. The summed E-state index contributed by atoms with van der Waals surface area (Å²) in [5.41, 5.74) is 8.41. The Morgan fingerprint density at radius 1 is 1.06 bits per heavy atom. The Balaban J connectivity index is 2.13. The first-order valence-corrected chi connectivity index (χ1v) is 6.43. The molecule has 2 nitrogen and oxygen atoms in total. The second-order valence-electron chi connectivity index (χ2n) is 4.04. The van der Waals surface area contributed by atoms with Gasteiger partial charge < -0.3 is 5.73 Å². The fourth-order valence-corrected chi connectivity index (χ4v) is 2.14. The minimum absolute atomic E-state index is 0.360. The summed E-state index contributed by atoms with van der Waals surface area (Å²) < 4.78 is 1.11. The van der Waals surface area contributed by atoms with Crippen molar-refractivity contribution in [3.8, 4) is 0 Å². The van der Waals surface area contributed by atoms with Gasteiger partial charge in [0.15, 0.2) is 0 Å². The molecule has 1 aromatic heterocycles. The number of rotatable bonds is 4. The number of pyridine rings is 1. The van der Waals surface area contributed by atoms with E-state index in [2.05, 4.69) is 45.2 Å². The van der Waals surface area contributed by atoms with E-state index < -0.39 is 0 Å². The monoisotopic (exact) mass is 290 g/mol. The molecule has 0 fully saturated rings. The van der Waals surface area contributed by atoms with Gasteiger partial charge in [0.2, 0.25) is 0 Å². The van der Waals surface area contributed by atoms with Crippen LogP contribution in [-0.2, 0) is 6.42 Å². The van der Waals surface area contributed by atoms with Crippen LogP contribution in [0.1, 0.15) is 17.0 Å². The lowest BCUT2D eigenvalue weighted by Gasteiger charge is -2.15. The van der Waals surface area contributed by atoms with Crippen molar-refractivity contribution >= 4 is 15.9 Å². The standard InChI is InChI=1S/C14H15BrN2/c15-14-3-1-11(2-4-14)9-13(10-16)12-5-7-17-8-6-12/h1-8,13H,9-10,16H2. The fraction of sp³-hybridized carbons (Fsp3) is 0.214. The van der Waals surface area contributed by atoms with Crippen molar-refractivity contribution in [2.45, 2.75) is 12.3 Å². The van der Waals surface area contributed by atoms with Crippen LogP contribution >= 0.6 is 15.9 Å². The summed E-state index contributed by atoms with van der Waals surface area (Å²) in [4.78, 5) is 4.03. The molecule has 0 amide bonds. The van der Waals surface area contributed by atoms with E-state index in [4.69, 9.17) is 5.73 Å². The molecule has 0 aliphatic heterocycles. The zero-order chi connectivity index (χ0) is 12.1. The number of halogens is 1. The highest BCUT2D eigenvalue weighted by Gasteiger charge is 2.10. The topological polar surface area (TPSA) is 38.9 Å². The van der Waals surface area contributed by atoms with Gasteiger partial charge in [0.1, 0.15) is 0 Å². The molecule has 0 aliphatic carbocycles. The largest absolute Gasteiger partial charge is 0.330 e. The van der Waals surface area contributed by atoms with Crippen molar-refractivity contribution in [2.24, 2.45) is 5.73 Å². The second kappa shape index (κ2) is 5.94. The van der Waals surface area contributed by atoms with Gasteiger partial charge in [-0.25, -0.2) is 0 Å². The van der Waals surface area contributed by atoms with Gasteiger partial charge in [-0.15, -0.1) is 0 Å². The lowest BCUT2D eigenvalue weighted by Crippen LogP contribution is -2.15. The minimum atomic E-state index is 0.360. The number of hydrogen-bond donors (Lipinski definition) is 1. The summed E-state index contributed by atoms with van der Waals surface area (Å²) in [5, 5.41) is 0. The summed E-state index contributed by atoms with van der Waals surface area (Å²) in [6, 6.07) is 12.5. The van der Waals surface area contributed by atoms with Crippen LogP contribution < -0.4 is 5.73 Å². The van der Waals surface area contributed by atoms with Crippen molar-refractivity contribution in [3.05, 3.63) is 64.4 Å². The molecule has 0 aliphatic rings. The van der Waals surface area contributed by atoms with E-state index in [0.717, 1.165) is 10.9 Å². The van der Waals surface area contributed by atoms with Gasteiger partial charge >= 0.3 is 0 Å². The predicted molar refractivity (Wildman–Crippen MR) is 73.9 cm³/mol. The van der Waals surface area contributed by atoms with Crippen LogP contribution in [0.15, 0.2) is 53.3 Å². The van der Waals surface area contributed by atoms with Crippen LogP contribution in [0.2, 0.25) is 0 Å². The van der Waals surface area contributed by atoms with Gasteiger partial charge in [0.05, 0.1) is 0 Å². The minimum Gasteiger partial charge on any atom is -0.330 e. The van der Waals surface area contributed by atoms with E-state index in [1.165, 1.54) is 11.1 Å². The van der Waals surface area contributed by atoms with E-state index >= 15 is 0 Å². The third-order valence-electron chi connectivity index (χ3n) is 2.86. The second-order valence-corrected chi connectivity index (χ2v) is 4.96. The van der Waals surface area contributed by atoms with Crippen LogP contribution in [0.3, 0.4) is 0 Å². The Kier molecular flexibility index (Phi) is 4.29. The summed E-state index contributed by atoms with van der Waals surface area (Å²) in [5.74, 6) is 0.360. The maximum Gasteiger partial charge on any atom is 0.0270 e. The molecule has 1 aromatic carbocycles. The molecule has 2 N–H and O–H groups in total. The fourth-order valence-electron chi connectivity index (χ4n) is 1.88. The number of aromatic nitrogens is 1. The molecular weight excluding hydrogens is 276 g/mol. The Morgan fingerprint density at radius 2 is 1.71 bits per heavy atom. The Morgan fingerprint density at radius 3 is 2.29 bits per heavy atom. The average molecular weight is 291 g/mol. The zero-order valence-corrected chi connectivity index (χ0v) is 11.1. The quantitative estimate of drug-likeness (QED) is 0.940. The van der Waals surface area contributed by atoms with Crippen LogP contribution in [0.4, 0.5) is 0 Å². The van der Waals surface area contributed by atoms with Gasteiger partial charge in [0.25, 0.3) is 0 Å². The van der Waals surface area contributed by atoms with Crippen LogP contribution in [0, 0.1) is 0 Å². The van der Waals surface area contributed by atoms with Gasteiger partial charge in [-0.3, -0.25) is 4.98 Å². The van der Waals surface area contributed by atoms with Gasteiger partial charge in [0, 0.05) is 22.8 Å². The molecule has 2 aromatic rings. The third-order valence-corrected chi connectivity index (χ3v) is 3.39. The van der Waals surface area contributed by atoms with Gasteiger partial charge in [-0.1, -0.05) is 28.1 Å². The molecule has 17 heavy (non-hydrogen) atoms. The number of nitrogens with two attached hydrogens (primary N) is 1. The van der Waals surface area contributed by atoms with Crippen molar-refractivity contribution < 1.29 is 0 Å². The molecular formula is C14H15BrN2. The summed E-state index contributed by atoms with van der Waals surface area (Å²) in [7, 11) is 0. The van der Waals surface area contributed by atoms with E-state index in [0.29, 0.717) is 12.5 Å². The van der Waals surface area contributed by atoms with Crippen LogP contribution in [0.25, 0.3) is 0 Å². The van der Waals surface area contributed by atoms with Gasteiger partial charge in [-0.2, -0.15) is 0 Å². The van der Waals surface area contributed by atoms with Crippen molar-refractivity contribution in [1.29, 1.82) is 0 Å². The molecule has 2 rings (SSSR count). The smallest absolute Gasteiger partial charge is 0.0270 e. The maximum atomic E-state index is 5.85.